The first-order chi connectivity index (χ1) is 8.06. The fourth-order valence-electron chi connectivity index (χ4n) is 1.18. The number of benzene rings is 1. The number of rotatable bonds is 5. The van der Waals surface area contributed by atoms with Crippen LogP contribution >= 0.6 is 22.6 Å². The molecule has 0 heterocycles. The summed E-state index contributed by atoms with van der Waals surface area (Å²) in [5.41, 5.74) is 1.11. The second kappa shape index (κ2) is 6.68. The third-order valence-electron chi connectivity index (χ3n) is 2.19. The highest BCUT2D eigenvalue weighted by Gasteiger charge is 2.06. The number of ether oxygens (including phenoxy) is 2. The quantitative estimate of drug-likeness (QED) is 0.604. The number of hydrogen-bond donors (Lipinski definition) is 0. The Hall–Kier alpha value is -0.980. The Balaban J connectivity index is 2.73. The van der Waals surface area contributed by atoms with Crippen molar-refractivity contribution in [2.75, 3.05) is 27.8 Å². The molecule has 0 radical (unpaired) electrons. The van der Waals surface area contributed by atoms with Crippen LogP contribution in [0.25, 0.3) is 0 Å². The van der Waals surface area contributed by atoms with Gasteiger partial charge in [-0.05, 0) is 17.7 Å². The van der Waals surface area contributed by atoms with Gasteiger partial charge in [-0.25, -0.2) is 0 Å². The van der Waals surface area contributed by atoms with Gasteiger partial charge in [-0.2, -0.15) is 0 Å². The zero-order chi connectivity index (χ0) is 12.8. The SMILES string of the molecule is COc1cc(CI)cc(OCC(=O)N(C)C)c1. The van der Waals surface area contributed by atoms with Crippen molar-refractivity contribution in [3.8, 4) is 11.5 Å². The fraction of sp³-hybridized carbons (Fsp3) is 0.417. The van der Waals surface area contributed by atoms with Gasteiger partial charge in [0.25, 0.3) is 5.91 Å². The van der Waals surface area contributed by atoms with Crippen molar-refractivity contribution < 1.29 is 14.3 Å². The largest absolute Gasteiger partial charge is 0.497 e. The van der Waals surface area contributed by atoms with E-state index >= 15 is 0 Å². The Morgan fingerprint density at radius 1 is 1.29 bits per heavy atom. The monoisotopic (exact) mass is 349 g/mol. The summed E-state index contributed by atoms with van der Waals surface area (Å²) in [6.07, 6.45) is 0. The summed E-state index contributed by atoms with van der Waals surface area (Å²) in [6, 6.07) is 5.64. The van der Waals surface area contributed by atoms with Crippen molar-refractivity contribution in [3.05, 3.63) is 23.8 Å². The third kappa shape index (κ3) is 4.41. The molecule has 0 aliphatic rings. The molecule has 0 unspecified atom stereocenters. The van der Waals surface area contributed by atoms with Crippen molar-refractivity contribution in [2.24, 2.45) is 0 Å². The molecule has 0 N–H and O–H groups in total. The molecule has 1 amide bonds. The van der Waals surface area contributed by atoms with E-state index < -0.39 is 0 Å². The molecule has 17 heavy (non-hydrogen) atoms. The molecule has 1 aromatic rings. The van der Waals surface area contributed by atoms with Crippen LogP contribution in [0.4, 0.5) is 0 Å². The summed E-state index contributed by atoms with van der Waals surface area (Å²) in [7, 11) is 5.02. The summed E-state index contributed by atoms with van der Waals surface area (Å²) in [6.45, 7) is 0.0425. The van der Waals surface area contributed by atoms with E-state index in [1.165, 1.54) is 4.90 Å². The van der Waals surface area contributed by atoms with Crippen LogP contribution in [0, 0.1) is 0 Å². The van der Waals surface area contributed by atoms with Gasteiger partial charge in [0.15, 0.2) is 6.61 Å². The number of nitrogens with zero attached hydrogens (tertiary/aromatic N) is 1. The van der Waals surface area contributed by atoms with E-state index in [1.54, 1.807) is 27.3 Å². The first kappa shape index (κ1) is 14.1. The Kier molecular flexibility index (Phi) is 5.54. The molecule has 1 aromatic carbocycles. The minimum absolute atomic E-state index is 0.0425. The van der Waals surface area contributed by atoms with Gasteiger partial charge in [-0.3, -0.25) is 4.79 Å². The molecular weight excluding hydrogens is 333 g/mol. The lowest BCUT2D eigenvalue weighted by Crippen LogP contribution is -2.27. The average Bonchev–Trinajstić information content (AvgIpc) is 2.35. The van der Waals surface area contributed by atoms with Crippen LogP contribution in [-0.2, 0) is 9.22 Å². The maximum absolute atomic E-state index is 11.4. The molecule has 94 valence electrons. The zero-order valence-electron chi connectivity index (χ0n) is 10.2. The van der Waals surface area contributed by atoms with Gasteiger partial charge in [0, 0.05) is 24.6 Å². The van der Waals surface area contributed by atoms with Crippen LogP contribution in [0.1, 0.15) is 5.56 Å². The molecule has 0 fully saturated rings. The zero-order valence-corrected chi connectivity index (χ0v) is 12.4. The van der Waals surface area contributed by atoms with Gasteiger partial charge in [-0.1, -0.05) is 22.6 Å². The molecule has 0 saturated heterocycles. The number of likely N-dealkylation sites (N-methyl/N-ethyl adjacent to an activating group) is 1. The summed E-state index contributed by atoms with van der Waals surface area (Å²) in [4.78, 5) is 12.9. The van der Waals surface area contributed by atoms with Gasteiger partial charge >= 0.3 is 0 Å². The van der Waals surface area contributed by atoms with Gasteiger partial charge in [0.2, 0.25) is 0 Å². The number of amides is 1. The first-order valence-electron chi connectivity index (χ1n) is 5.13. The summed E-state index contributed by atoms with van der Waals surface area (Å²) >= 11 is 2.27. The van der Waals surface area contributed by atoms with Crippen molar-refractivity contribution in [1.29, 1.82) is 0 Å². The molecular formula is C12H16INO3. The molecule has 0 aliphatic heterocycles. The topological polar surface area (TPSA) is 38.8 Å². The second-order valence-corrected chi connectivity index (χ2v) is 4.49. The second-order valence-electron chi connectivity index (χ2n) is 3.73. The molecule has 1 rings (SSSR count). The highest BCUT2D eigenvalue weighted by Crippen LogP contribution is 2.24. The molecule has 4 nitrogen and oxygen atoms in total. The Labute approximate surface area is 115 Å². The minimum Gasteiger partial charge on any atom is -0.497 e. The maximum atomic E-state index is 11.4. The van der Waals surface area contributed by atoms with E-state index in [2.05, 4.69) is 22.6 Å². The number of hydrogen-bond acceptors (Lipinski definition) is 3. The fourth-order valence-corrected chi connectivity index (χ4v) is 1.62. The Morgan fingerprint density at radius 2 is 1.94 bits per heavy atom. The van der Waals surface area contributed by atoms with Gasteiger partial charge < -0.3 is 14.4 Å². The number of halogens is 1. The highest BCUT2D eigenvalue weighted by molar-refractivity contribution is 14.1. The lowest BCUT2D eigenvalue weighted by Gasteiger charge is -2.12. The Bertz CT molecular complexity index is 371. The van der Waals surface area contributed by atoms with E-state index in [0.717, 1.165) is 15.7 Å². The summed E-state index contributed by atoms with van der Waals surface area (Å²) in [5.74, 6) is 1.33. The molecule has 0 aliphatic carbocycles. The predicted molar refractivity (Wildman–Crippen MR) is 74.9 cm³/mol. The normalized spacial score (nSPS) is 9.88. The van der Waals surface area contributed by atoms with Crippen molar-refractivity contribution in [3.63, 3.8) is 0 Å². The van der Waals surface area contributed by atoms with Gasteiger partial charge in [0.05, 0.1) is 7.11 Å². The van der Waals surface area contributed by atoms with Crippen LogP contribution in [0.2, 0.25) is 0 Å². The minimum atomic E-state index is -0.0659. The standard InChI is InChI=1S/C12H16INO3/c1-14(2)12(15)8-17-11-5-9(7-13)4-10(6-11)16-3/h4-6H,7-8H2,1-3H3. The third-order valence-corrected chi connectivity index (χ3v) is 3.07. The maximum Gasteiger partial charge on any atom is 0.259 e. The van der Waals surface area contributed by atoms with Gasteiger partial charge in [0.1, 0.15) is 11.5 Å². The molecule has 0 aromatic heterocycles. The van der Waals surface area contributed by atoms with E-state index in [1.807, 2.05) is 12.1 Å². The highest BCUT2D eigenvalue weighted by atomic mass is 127. The van der Waals surface area contributed by atoms with Crippen molar-refractivity contribution in [2.45, 2.75) is 4.43 Å². The molecule has 5 heteroatoms. The average molecular weight is 349 g/mol. The molecule has 0 spiro atoms. The lowest BCUT2D eigenvalue weighted by atomic mass is 10.2. The molecule has 0 saturated carbocycles. The summed E-state index contributed by atoms with van der Waals surface area (Å²) in [5, 5.41) is 0. The van der Waals surface area contributed by atoms with Crippen LogP contribution in [-0.4, -0.2) is 38.6 Å². The molecule has 0 atom stereocenters. The van der Waals surface area contributed by atoms with Crippen LogP contribution in [0.5, 0.6) is 11.5 Å². The van der Waals surface area contributed by atoms with Crippen LogP contribution in [0.15, 0.2) is 18.2 Å². The van der Waals surface area contributed by atoms with E-state index in [-0.39, 0.29) is 12.5 Å². The summed E-state index contributed by atoms with van der Waals surface area (Å²) < 4.78 is 11.5. The number of carbonyl (C=O) groups is 1. The van der Waals surface area contributed by atoms with Crippen LogP contribution < -0.4 is 9.47 Å². The van der Waals surface area contributed by atoms with E-state index in [9.17, 15) is 4.79 Å². The molecule has 0 bridgehead atoms. The van der Waals surface area contributed by atoms with Crippen molar-refractivity contribution in [1.82, 2.24) is 4.90 Å². The smallest absolute Gasteiger partial charge is 0.259 e. The van der Waals surface area contributed by atoms with E-state index in [4.69, 9.17) is 9.47 Å². The van der Waals surface area contributed by atoms with Crippen molar-refractivity contribution >= 4 is 28.5 Å². The van der Waals surface area contributed by atoms with Crippen LogP contribution in [0.3, 0.4) is 0 Å². The van der Waals surface area contributed by atoms with E-state index in [0.29, 0.717) is 5.75 Å². The number of carbonyl (C=O) groups excluding carboxylic acids is 1. The van der Waals surface area contributed by atoms with Gasteiger partial charge in [-0.15, -0.1) is 0 Å². The predicted octanol–water partition coefficient (Wildman–Crippen LogP) is 2.10. The number of alkyl halides is 1. The first-order valence-corrected chi connectivity index (χ1v) is 6.66. The Morgan fingerprint density at radius 3 is 2.47 bits per heavy atom. The number of methoxy groups -OCH3 is 1. The lowest BCUT2D eigenvalue weighted by molar-refractivity contribution is -0.130.